The van der Waals surface area contributed by atoms with E-state index in [1.54, 1.807) is 29.7 Å². The monoisotopic (exact) mass is 305 g/mol. The number of hydrogen-bond donors (Lipinski definition) is 0. The molecule has 102 valence electrons. The molecule has 2 aromatic rings. The Morgan fingerprint density at radius 2 is 2.30 bits per heavy atom. The fourth-order valence-corrected chi connectivity index (χ4v) is 3.25. The first kappa shape index (κ1) is 13.4. The Balaban J connectivity index is 1.49. The normalized spacial score (nSPS) is 15.6. The number of rotatable bonds is 4. The summed E-state index contributed by atoms with van der Waals surface area (Å²) in [5.41, 5.74) is 0.381. The van der Waals surface area contributed by atoms with Gasteiger partial charge in [-0.25, -0.2) is 4.98 Å². The third-order valence-corrected chi connectivity index (χ3v) is 4.30. The molecule has 0 spiro atoms. The van der Waals surface area contributed by atoms with Crippen LogP contribution in [0.1, 0.15) is 10.6 Å². The molecule has 0 amide bonds. The number of hydrogen-bond acceptors (Lipinski definition) is 5. The minimum absolute atomic E-state index is 0.180. The van der Waals surface area contributed by atoms with Crippen LogP contribution in [-0.2, 0) is 6.54 Å². The van der Waals surface area contributed by atoms with Crippen molar-refractivity contribution in [1.29, 1.82) is 5.26 Å². The van der Waals surface area contributed by atoms with Gasteiger partial charge < -0.3 is 4.74 Å². The molecule has 1 aliphatic heterocycles. The van der Waals surface area contributed by atoms with E-state index >= 15 is 0 Å². The van der Waals surface area contributed by atoms with Crippen LogP contribution >= 0.6 is 22.9 Å². The second kappa shape index (κ2) is 5.80. The second-order valence-electron chi connectivity index (χ2n) is 4.63. The number of halogens is 1. The van der Waals surface area contributed by atoms with Crippen LogP contribution in [0.5, 0.6) is 5.75 Å². The summed E-state index contributed by atoms with van der Waals surface area (Å²) in [4.78, 5) is 7.49. The molecule has 20 heavy (non-hydrogen) atoms. The average molecular weight is 306 g/mol. The van der Waals surface area contributed by atoms with E-state index in [-0.39, 0.29) is 6.10 Å². The van der Waals surface area contributed by atoms with Gasteiger partial charge in [0.15, 0.2) is 0 Å². The number of ether oxygens (including phenoxy) is 1. The Morgan fingerprint density at radius 3 is 3.00 bits per heavy atom. The van der Waals surface area contributed by atoms with Gasteiger partial charge in [0.1, 0.15) is 23.6 Å². The van der Waals surface area contributed by atoms with E-state index in [1.807, 2.05) is 12.1 Å². The highest BCUT2D eigenvalue weighted by molar-refractivity contribution is 7.16. The molecular formula is C14H12ClN3OS. The van der Waals surface area contributed by atoms with Crippen molar-refractivity contribution in [2.75, 3.05) is 13.1 Å². The van der Waals surface area contributed by atoms with Gasteiger partial charge in [0, 0.05) is 36.8 Å². The summed E-state index contributed by atoms with van der Waals surface area (Å²) in [5, 5.41) is 8.79. The number of nitriles is 1. The molecule has 1 aliphatic rings. The predicted molar refractivity (Wildman–Crippen MR) is 78.0 cm³/mol. The predicted octanol–water partition coefficient (Wildman–Crippen LogP) is 2.93. The summed E-state index contributed by atoms with van der Waals surface area (Å²) in [7, 11) is 0. The van der Waals surface area contributed by atoms with Crippen molar-refractivity contribution in [3.63, 3.8) is 0 Å². The fraction of sp³-hybridized carbons (Fsp3) is 0.286. The molecule has 1 saturated heterocycles. The maximum Gasteiger partial charge on any atom is 0.144 e. The number of thiophene rings is 1. The highest BCUT2D eigenvalue weighted by atomic mass is 35.5. The van der Waals surface area contributed by atoms with Crippen molar-refractivity contribution in [2.45, 2.75) is 12.6 Å². The van der Waals surface area contributed by atoms with Crippen molar-refractivity contribution in [3.05, 3.63) is 45.4 Å². The first-order chi connectivity index (χ1) is 9.72. The first-order valence-electron chi connectivity index (χ1n) is 6.22. The summed E-state index contributed by atoms with van der Waals surface area (Å²) in [6, 6.07) is 9.44. The Kier molecular flexibility index (Phi) is 3.88. The molecular weight excluding hydrogens is 294 g/mol. The fourth-order valence-electron chi connectivity index (χ4n) is 2.12. The van der Waals surface area contributed by atoms with E-state index in [1.165, 1.54) is 4.88 Å². The Morgan fingerprint density at radius 1 is 1.45 bits per heavy atom. The average Bonchev–Trinajstić information content (AvgIpc) is 2.82. The summed E-state index contributed by atoms with van der Waals surface area (Å²) >= 11 is 7.53. The van der Waals surface area contributed by atoms with Gasteiger partial charge in [0.25, 0.3) is 0 Å². The SMILES string of the molecule is N#Cc1cc(OC2CN(Cc3ccc(Cl)s3)C2)ccn1. The topological polar surface area (TPSA) is 49.1 Å². The smallest absolute Gasteiger partial charge is 0.144 e. The number of nitrogens with zero attached hydrogens (tertiary/aromatic N) is 3. The van der Waals surface area contributed by atoms with Gasteiger partial charge in [-0.3, -0.25) is 4.90 Å². The van der Waals surface area contributed by atoms with Crippen LogP contribution in [0.15, 0.2) is 30.5 Å². The van der Waals surface area contributed by atoms with E-state index < -0.39 is 0 Å². The molecule has 3 heterocycles. The van der Waals surface area contributed by atoms with Crippen LogP contribution in [0.3, 0.4) is 0 Å². The highest BCUT2D eigenvalue weighted by Gasteiger charge is 2.28. The maximum absolute atomic E-state index is 8.79. The van der Waals surface area contributed by atoms with Crippen molar-refractivity contribution in [2.24, 2.45) is 0 Å². The Hall–Kier alpha value is -1.61. The summed E-state index contributed by atoms with van der Waals surface area (Å²) in [6.07, 6.45) is 1.78. The van der Waals surface area contributed by atoms with Crippen LogP contribution in [0.2, 0.25) is 4.34 Å². The lowest BCUT2D eigenvalue weighted by Gasteiger charge is -2.38. The van der Waals surface area contributed by atoms with Crippen LogP contribution in [0.4, 0.5) is 0 Å². The lowest BCUT2D eigenvalue weighted by atomic mass is 10.1. The molecule has 4 nitrogen and oxygen atoms in total. The van der Waals surface area contributed by atoms with Crippen LogP contribution in [0.25, 0.3) is 0 Å². The lowest BCUT2D eigenvalue weighted by Crippen LogP contribution is -2.52. The van der Waals surface area contributed by atoms with Crippen LogP contribution in [-0.4, -0.2) is 29.1 Å². The zero-order valence-electron chi connectivity index (χ0n) is 10.6. The molecule has 0 unspecified atom stereocenters. The molecule has 0 saturated carbocycles. The number of pyridine rings is 1. The molecule has 0 radical (unpaired) electrons. The van der Waals surface area contributed by atoms with E-state index in [0.29, 0.717) is 11.4 Å². The molecule has 6 heteroatoms. The Labute approximate surface area is 126 Å². The van der Waals surface area contributed by atoms with Crippen molar-refractivity contribution >= 4 is 22.9 Å². The van der Waals surface area contributed by atoms with Gasteiger partial charge in [0.05, 0.1) is 4.34 Å². The van der Waals surface area contributed by atoms with Gasteiger partial charge in [-0.15, -0.1) is 11.3 Å². The van der Waals surface area contributed by atoms with Gasteiger partial charge in [-0.1, -0.05) is 11.6 Å². The Bertz CT molecular complexity index is 646. The van der Waals surface area contributed by atoms with Crippen molar-refractivity contribution in [1.82, 2.24) is 9.88 Å². The van der Waals surface area contributed by atoms with Gasteiger partial charge in [0.2, 0.25) is 0 Å². The van der Waals surface area contributed by atoms with Crippen LogP contribution in [0, 0.1) is 11.3 Å². The summed E-state index contributed by atoms with van der Waals surface area (Å²) in [6.45, 7) is 2.69. The molecule has 3 rings (SSSR count). The molecule has 0 bridgehead atoms. The largest absolute Gasteiger partial charge is 0.488 e. The second-order valence-corrected chi connectivity index (χ2v) is 6.43. The van der Waals surface area contributed by atoms with E-state index in [4.69, 9.17) is 21.6 Å². The molecule has 2 aromatic heterocycles. The zero-order valence-corrected chi connectivity index (χ0v) is 12.2. The molecule has 0 aliphatic carbocycles. The highest BCUT2D eigenvalue weighted by Crippen LogP contribution is 2.25. The molecule has 1 fully saturated rings. The quantitative estimate of drug-likeness (QED) is 0.871. The standard InChI is InChI=1S/C14H12ClN3OS/c15-14-2-1-13(20-14)9-18-7-12(8-18)19-11-3-4-17-10(5-11)6-16/h1-5,12H,7-9H2. The summed E-state index contributed by atoms with van der Waals surface area (Å²) in [5.74, 6) is 0.709. The third-order valence-electron chi connectivity index (χ3n) is 3.08. The minimum Gasteiger partial charge on any atom is -0.488 e. The van der Waals surface area contributed by atoms with E-state index in [0.717, 1.165) is 24.0 Å². The number of likely N-dealkylation sites (tertiary alicyclic amines) is 1. The molecule has 0 atom stereocenters. The van der Waals surface area contributed by atoms with Crippen molar-refractivity contribution < 1.29 is 4.74 Å². The van der Waals surface area contributed by atoms with Gasteiger partial charge in [-0.05, 0) is 18.2 Å². The van der Waals surface area contributed by atoms with E-state index in [9.17, 15) is 0 Å². The molecule has 0 N–H and O–H groups in total. The van der Waals surface area contributed by atoms with Crippen LogP contribution < -0.4 is 4.74 Å². The zero-order chi connectivity index (χ0) is 13.9. The third kappa shape index (κ3) is 3.10. The van der Waals surface area contributed by atoms with Gasteiger partial charge in [-0.2, -0.15) is 5.26 Å². The van der Waals surface area contributed by atoms with Crippen molar-refractivity contribution in [3.8, 4) is 11.8 Å². The van der Waals surface area contributed by atoms with E-state index in [2.05, 4.69) is 16.0 Å². The maximum atomic E-state index is 8.79. The number of aromatic nitrogens is 1. The lowest BCUT2D eigenvalue weighted by molar-refractivity contribution is 0.0151. The first-order valence-corrected chi connectivity index (χ1v) is 7.42. The molecule has 0 aromatic carbocycles. The minimum atomic E-state index is 0.180. The summed E-state index contributed by atoms with van der Waals surface area (Å²) < 4.78 is 6.64. The van der Waals surface area contributed by atoms with Gasteiger partial charge >= 0.3 is 0 Å².